The zero-order valence-electron chi connectivity index (χ0n) is 19.1. The molecule has 0 fully saturated rings. The summed E-state index contributed by atoms with van der Waals surface area (Å²) in [5.41, 5.74) is -3.20. The van der Waals surface area contributed by atoms with Crippen molar-refractivity contribution in [1.29, 1.82) is 0 Å². The highest BCUT2D eigenvalue weighted by Gasteiger charge is 2.48. The molecule has 4 rings (SSSR count). The largest absolute Gasteiger partial charge is 0.507 e. The van der Waals surface area contributed by atoms with Crippen LogP contribution in [0.5, 0.6) is 17.2 Å². The summed E-state index contributed by atoms with van der Waals surface area (Å²) < 4.78 is 11.3. The van der Waals surface area contributed by atoms with Gasteiger partial charge in [-0.2, -0.15) is 0 Å². The minimum Gasteiger partial charge on any atom is -0.507 e. The number of rotatable bonds is 3. The second kappa shape index (κ2) is 7.40. The Balaban J connectivity index is 2.04. The van der Waals surface area contributed by atoms with Gasteiger partial charge in [0.1, 0.15) is 22.8 Å². The van der Waals surface area contributed by atoms with Gasteiger partial charge in [0.05, 0.1) is 35.5 Å². The summed E-state index contributed by atoms with van der Waals surface area (Å²) in [6.45, 7) is 6.52. The number of fused-ring (bicyclic) bond motifs is 3. The van der Waals surface area contributed by atoms with E-state index in [2.05, 4.69) is 0 Å². The van der Waals surface area contributed by atoms with E-state index >= 15 is 0 Å². The molecule has 2 aromatic rings. The standard InChI is InChI=1S/C25H26O8/c1-11(26)25(31)9-13-17(15(10-25)33-24(2,3)4)23(30)19-18(21(13)28)20(27)12-7-6-8-14(32-5)16(12)22(19)29/h6-8,15,28,30-31H,9-10H2,1-5H3/t15-,25-/m1/s1. The van der Waals surface area contributed by atoms with E-state index in [9.17, 15) is 29.7 Å². The van der Waals surface area contributed by atoms with Crippen LogP contribution in [0.3, 0.4) is 0 Å². The lowest BCUT2D eigenvalue weighted by molar-refractivity contribution is -0.147. The van der Waals surface area contributed by atoms with Crippen molar-refractivity contribution in [2.45, 2.75) is 57.8 Å². The van der Waals surface area contributed by atoms with Gasteiger partial charge < -0.3 is 24.8 Å². The molecule has 2 aliphatic carbocycles. The molecule has 2 aliphatic rings. The zero-order valence-corrected chi connectivity index (χ0v) is 19.1. The molecule has 0 spiro atoms. The highest BCUT2D eigenvalue weighted by atomic mass is 16.5. The Hall–Kier alpha value is -3.23. The average Bonchev–Trinajstić information content (AvgIpc) is 2.72. The maximum absolute atomic E-state index is 13.5. The predicted octanol–water partition coefficient (Wildman–Crippen LogP) is 3.00. The Morgan fingerprint density at radius 3 is 2.27 bits per heavy atom. The summed E-state index contributed by atoms with van der Waals surface area (Å²) in [5.74, 6) is -2.76. The summed E-state index contributed by atoms with van der Waals surface area (Å²) in [7, 11) is 1.36. The molecule has 8 nitrogen and oxygen atoms in total. The fourth-order valence-corrected chi connectivity index (χ4v) is 4.71. The quantitative estimate of drug-likeness (QED) is 0.515. The molecule has 3 N–H and O–H groups in total. The van der Waals surface area contributed by atoms with E-state index in [1.807, 2.05) is 0 Å². The van der Waals surface area contributed by atoms with Crippen LogP contribution >= 0.6 is 0 Å². The van der Waals surface area contributed by atoms with Crippen molar-refractivity contribution >= 4 is 17.3 Å². The number of aliphatic hydroxyl groups is 1. The number of phenols is 2. The van der Waals surface area contributed by atoms with Crippen LogP contribution < -0.4 is 4.74 Å². The van der Waals surface area contributed by atoms with Crippen LogP contribution in [0.2, 0.25) is 0 Å². The summed E-state index contributed by atoms with van der Waals surface area (Å²) in [6, 6.07) is 4.52. The maximum Gasteiger partial charge on any atom is 0.202 e. The van der Waals surface area contributed by atoms with Crippen molar-refractivity contribution < 1.29 is 39.2 Å². The summed E-state index contributed by atoms with van der Waals surface area (Å²) in [4.78, 5) is 39.1. The van der Waals surface area contributed by atoms with Gasteiger partial charge in [0.15, 0.2) is 11.6 Å². The molecule has 0 saturated carbocycles. The van der Waals surface area contributed by atoms with Gasteiger partial charge in [0, 0.05) is 29.5 Å². The molecule has 0 aromatic heterocycles. The van der Waals surface area contributed by atoms with Crippen molar-refractivity contribution in [2.24, 2.45) is 0 Å². The van der Waals surface area contributed by atoms with Crippen LogP contribution in [0.25, 0.3) is 0 Å². The molecular weight excluding hydrogens is 428 g/mol. The lowest BCUT2D eigenvalue weighted by Gasteiger charge is -2.40. The van der Waals surface area contributed by atoms with Gasteiger partial charge in [-0.1, -0.05) is 12.1 Å². The van der Waals surface area contributed by atoms with Gasteiger partial charge in [0.25, 0.3) is 0 Å². The highest BCUT2D eigenvalue weighted by Crippen LogP contribution is 2.52. The third-order valence-corrected chi connectivity index (χ3v) is 6.23. The van der Waals surface area contributed by atoms with Gasteiger partial charge in [-0.25, -0.2) is 0 Å². The Labute approximate surface area is 190 Å². The molecule has 174 valence electrons. The molecule has 0 amide bonds. The molecule has 0 unspecified atom stereocenters. The minimum atomic E-state index is -1.87. The number of hydrogen-bond donors (Lipinski definition) is 3. The first-order valence-corrected chi connectivity index (χ1v) is 10.6. The van der Waals surface area contributed by atoms with Crippen LogP contribution in [0.4, 0.5) is 0 Å². The van der Waals surface area contributed by atoms with Crippen molar-refractivity contribution in [3.05, 3.63) is 51.6 Å². The van der Waals surface area contributed by atoms with Gasteiger partial charge >= 0.3 is 0 Å². The topological polar surface area (TPSA) is 130 Å². The van der Waals surface area contributed by atoms with E-state index in [4.69, 9.17) is 9.47 Å². The number of ether oxygens (including phenoxy) is 2. The predicted molar refractivity (Wildman–Crippen MR) is 117 cm³/mol. The van der Waals surface area contributed by atoms with Crippen LogP contribution in [-0.2, 0) is 16.0 Å². The van der Waals surface area contributed by atoms with Crippen LogP contribution in [-0.4, -0.2) is 51.0 Å². The number of phenolic OH excluding ortho intramolecular Hbond substituents is 2. The second-order valence-corrected chi connectivity index (χ2v) is 9.57. The molecule has 2 atom stereocenters. The van der Waals surface area contributed by atoms with Crippen molar-refractivity contribution in [3.8, 4) is 17.2 Å². The number of hydrogen-bond acceptors (Lipinski definition) is 8. The normalized spacial score (nSPS) is 21.8. The first-order chi connectivity index (χ1) is 15.3. The molecule has 0 saturated heterocycles. The number of carbonyl (C=O) groups excluding carboxylic acids is 3. The molecule has 33 heavy (non-hydrogen) atoms. The summed E-state index contributed by atoms with van der Waals surface area (Å²) >= 11 is 0. The Morgan fingerprint density at radius 2 is 1.70 bits per heavy atom. The van der Waals surface area contributed by atoms with Gasteiger partial charge in [-0.15, -0.1) is 0 Å². The molecule has 0 radical (unpaired) electrons. The number of Topliss-reactive ketones (excluding diaryl/α,β-unsaturated/α-hetero) is 1. The van der Waals surface area contributed by atoms with Gasteiger partial charge in [-0.05, 0) is 33.8 Å². The van der Waals surface area contributed by atoms with Crippen LogP contribution in [0.1, 0.15) is 83.2 Å². The maximum atomic E-state index is 13.5. The Morgan fingerprint density at radius 1 is 1.06 bits per heavy atom. The van der Waals surface area contributed by atoms with Crippen molar-refractivity contribution in [2.75, 3.05) is 7.11 Å². The van der Waals surface area contributed by atoms with Crippen molar-refractivity contribution in [3.63, 3.8) is 0 Å². The summed E-state index contributed by atoms with van der Waals surface area (Å²) in [5, 5.41) is 33.5. The smallest absolute Gasteiger partial charge is 0.202 e. The monoisotopic (exact) mass is 454 g/mol. The number of methoxy groups -OCH3 is 1. The lowest BCUT2D eigenvalue weighted by Crippen LogP contribution is -2.45. The Kier molecular flexibility index (Phi) is 5.14. The summed E-state index contributed by atoms with van der Waals surface area (Å²) in [6.07, 6.45) is -1.53. The second-order valence-electron chi connectivity index (χ2n) is 9.57. The fourth-order valence-electron chi connectivity index (χ4n) is 4.71. The number of benzene rings is 2. The number of aromatic hydroxyl groups is 2. The first-order valence-electron chi connectivity index (χ1n) is 10.6. The molecule has 0 bridgehead atoms. The van der Waals surface area contributed by atoms with E-state index < -0.39 is 46.2 Å². The molecule has 0 aliphatic heterocycles. The SMILES string of the molecule is COc1cccc2c1C(=O)c1c(O)c3c(c(O)c1C2=O)C[C@](O)(C(C)=O)C[C@H]3OC(C)(C)C. The fraction of sp³-hybridized carbons (Fsp3) is 0.400. The molecular formula is C25H26O8. The number of carbonyl (C=O) groups is 3. The van der Waals surface area contributed by atoms with Crippen LogP contribution in [0.15, 0.2) is 18.2 Å². The zero-order chi connectivity index (χ0) is 24.5. The van der Waals surface area contributed by atoms with E-state index in [1.165, 1.54) is 26.2 Å². The van der Waals surface area contributed by atoms with Gasteiger partial charge in [-0.3, -0.25) is 14.4 Å². The van der Waals surface area contributed by atoms with E-state index in [0.29, 0.717) is 0 Å². The average molecular weight is 454 g/mol. The molecule has 0 heterocycles. The van der Waals surface area contributed by atoms with E-state index in [0.717, 1.165) is 0 Å². The first kappa shape index (κ1) is 22.9. The molecule has 8 heteroatoms. The van der Waals surface area contributed by atoms with E-state index in [-0.39, 0.29) is 52.0 Å². The minimum absolute atomic E-state index is 0.00325. The number of ketones is 3. The van der Waals surface area contributed by atoms with Gasteiger partial charge in [0.2, 0.25) is 5.78 Å². The highest BCUT2D eigenvalue weighted by molar-refractivity contribution is 6.31. The van der Waals surface area contributed by atoms with Crippen LogP contribution in [0, 0.1) is 0 Å². The lowest BCUT2D eigenvalue weighted by atomic mass is 9.72. The third kappa shape index (κ3) is 3.41. The Bertz CT molecular complexity index is 1220. The van der Waals surface area contributed by atoms with Crippen molar-refractivity contribution in [1.82, 2.24) is 0 Å². The van der Waals surface area contributed by atoms with E-state index in [1.54, 1.807) is 26.8 Å². The molecule has 2 aromatic carbocycles. The third-order valence-electron chi connectivity index (χ3n) is 6.23.